The molecule has 0 amide bonds. The van der Waals surface area contributed by atoms with Gasteiger partial charge in [0.15, 0.2) is 0 Å². The Balaban J connectivity index is 2.18. The Labute approximate surface area is 120 Å². The zero-order chi connectivity index (χ0) is 12.4. The summed E-state index contributed by atoms with van der Waals surface area (Å²) in [6.45, 7) is 0. The Morgan fingerprint density at radius 2 is 2.12 bits per heavy atom. The van der Waals surface area contributed by atoms with Crippen LogP contribution in [0.2, 0.25) is 0 Å². The number of rotatable bonds is 3. The summed E-state index contributed by atoms with van der Waals surface area (Å²) in [5, 5.41) is 2.00. The maximum absolute atomic E-state index is 13.3. The molecule has 0 aliphatic carbocycles. The van der Waals surface area contributed by atoms with Gasteiger partial charge in [-0.05, 0) is 56.0 Å². The molecule has 0 radical (unpaired) electrons. The van der Waals surface area contributed by atoms with E-state index in [0.717, 1.165) is 14.9 Å². The lowest BCUT2D eigenvalue weighted by atomic mass is 10.1. The van der Waals surface area contributed by atoms with E-state index >= 15 is 0 Å². The van der Waals surface area contributed by atoms with Gasteiger partial charge in [0.05, 0.1) is 4.47 Å². The molecule has 1 aromatic heterocycles. The van der Waals surface area contributed by atoms with Crippen LogP contribution in [-0.2, 0) is 6.42 Å². The molecule has 0 fully saturated rings. The molecule has 1 unspecified atom stereocenters. The summed E-state index contributed by atoms with van der Waals surface area (Å²) in [5.41, 5.74) is 7.00. The quantitative estimate of drug-likeness (QED) is 0.826. The summed E-state index contributed by atoms with van der Waals surface area (Å²) in [4.78, 5) is 1.09. The Morgan fingerprint density at radius 3 is 2.76 bits per heavy atom. The smallest absolute Gasteiger partial charge is 0.137 e. The number of nitrogens with two attached hydrogens (primary N) is 1. The van der Waals surface area contributed by atoms with Crippen molar-refractivity contribution in [2.75, 3.05) is 0 Å². The van der Waals surface area contributed by atoms with E-state index in [1.165, 1.54) is 6.07 Å². The van der Waals surface area contributed by atoms with Crippen molar-refractivity contribution in [1.29, 1.82) is 0 Å². The van der Waals surface area contributed by atoms with Crippen molar-refractivity contribution >= 4 is 43.2 Å². The summed E-state index contributed by atoms with van der Waals surface area (Å²) in [6, 6.07) is 6.91. The van der Waals surface area contributed by atoms with Gasteiger partial charge in [-0.25, -0.2) is 4.39 Å². The first-order valence-corrected chi connectivity index (χ1v) is 7.47. The second-order valence-corrected chi connectivity index (χ2v) is 6.34. The summed E-state index contributed by atoms with van der Waals surface area (Å²) < 4.78 is 14.9. The SMILES string of the molecule is NC(Cc1cccc(F)c1Br)c1cc(Br)cs1. The predicted molar refractivity (Wildman–Crippen MR) is 76.8 cm³/mol. The molecule has 2 N–H and O–H groups in total. The molecule has 1 aromatic carbocycles. The van der Waals surface area contributed by atoms with Gasteiger partial charge >= 0.3 is 0 Å². The van der Waals surface area contributed by atoms with Crippen LogP contribution in [0.15, 0.2) is 38.6 Å². The van der Waals surface area contributed by atoms with Crippen molar-refractivity contribution < 1.29 is 4.39 Å². The minimum atomic E-state index is -0.248. The van der Waals surface area contributed by atoms with Gasteiger partial charge in [0, 0.05) is 20.8 Å². The second kappa shape index (κ2) is 5.61. The van der Waals surface area contributed by atoms with Crippen LogP contribution in [0.3, 0.4) is 0 Å². The fraction of sp³-hybridized carbons (Fsp3) is 0.167. The molecule has 0 saturated heterocycles. The lowest BCUT2D eigenvalue weighted by Gasteiger charge is -2.11. The Morgan fingerprint density at radius 1 is 1.35 bits per heavy atom. The van der Waals surface area contributed by atoms with Gasteiger partial charge < -0.3 is 5.73 Å². The van der Waals surface area contributed by atoms with Crippen molar-refractivity contribution in [3.8, 4) is 0 Å². The molecule has 90 valence electrons. The fourth-order valence-electron chi connectivity index (χ4n) is 1.57. The van der Waals surface area contributed by atoms with E-state index in [0.29, 0.717) is 10.9 Å². The average Bonchev–Trinajstić information content (AvgIpc) is 2.72. The lowest BCUT2D eigenvalue weighted by Crippen LogP contribution is -2.12. The molecule has 1 nitrogen and oxygen atoms in total. The number of halogens is 3. The van der Waals surface area contributed by atoms with E-state index in [-0.39, 0.29) is 11.9 Å². The zero-order valence-corrected chi connectivity index (χ0v) is 12.8. The number of hydrogen-bond donors (Lipinski definition) is 1. The minimum absolute atomic E-state index is 0.107. The van der Waals surface area contributed by atoms with Gasteiger partial charge in [0.25, 0.3) is 0 Å². The molecule has 1 heterocycles. The number of thiophene rings is 1. The molecule has 0 spiro atoms. The first-order valence-electron chi connectivity index (χ1n) is 5.00. The van der Waals surface area contributed by atoms with Crippen LogP contribution in [0.1, 0.15) is 16.5 Å². The molecule has 2 rings (SSSR count). The molecular weight excluding hydrogens is 369 g/mol. The maximum Gasteiger partial charge on any atom is 0.137 e. The second-order valence-electron chi connectivity index (χ2n) is 3.69. The van der Waals surface area contributed by atoms with Crippen molar-refractivity contribution in [3.05, 3.63) is 54.8 Å². The maximum atomic E-state index is 13.3. The minimum Gasteiger partial charge on any atom is -0.323 e. The summed E-state index contributed by atoms with van der Waals surface area (Å²) in [6.07, 6.45) is 0.616. The third kappa shape index (κ3) is 3.16. The van der Waals surface area contributed by atoms with Crippen LogP contribution >= 0.6 is 43.2 Å². The third-order valence-corrected chi connectivity index (χ3v) is 5.14. The van der Waals surface area contributed by atoms with Gasteiger partial charge in [0.1, 0.15) is 5.82 Å². The molecule has 0 aliphatic heterocycles. The van der Waals surface area contributed by atoms with E-state index in [9.17, 15) is 4.39 Å². The molecule has 5 heteroatoms. The van der Waals surface area contributed by atoms with E-state index in [1.807, 2.05) is 17.5 Å². The predicted octanol–water partition coefficient (Wildman–Crippen LogP) is 4.65. The van der Waals surface area contributed by atoms with Crippen LogP contribution in [0.4, 0.5) is 4.39 Å². The monoisotopic (exact) mass is 377 g/mol. The lowest BCUT2D eigenvalue weighted by molar-refractivity contribution is 0.614. The van der Waals surface area contributed by atoms with Crippen LogP contribution in [0.25, 0.3) is 0 Å². The molecular formula is C12H10Br2FNS. The highest BCUT2D eigenvalue weighted by Gasteiger charge is 2.13. The standard InChI is InChI=1S/C12H10Br2FNS/c13-8-5-11(17-6-8)10(16)4-7-2-1-3-9(15)12(7)14/h1-3,5-6,10H,4,16H2. The summed E-state index contributed by atoms with van der Waals surface area (Å²) in [5.74, 6) is -0.248. The molecule has 17 heavy (non-hydrogen) atoms. The van der Waals surface area contributed by atoms with Gasteiger partial charge in [0.2, 0.25) is 0 Å². The van der Waals surface area contributed by atoms with Crippen molar-refractivity contribution in [2.45, 2.75) is 12.5 Å². The number of hydrogen-bond acceptors (Lipinski definition) is 2. The molecule has 2 aromatic rings. The van der Waals surface area contributed by atoms with Gasteiger partial charge in [-0.3, -0.25) is 0 Å². The van der Waals surface area contributed by atoms with Crippen LogP contribution in [-0.4, -0.2) is 0 Å². The number of benzene rings is 1. The molecule has 0 saturated carbocycles. The third-order valence-electron chi connectivity index (χ3n) is 2.42. The largest absolute Gasteiger partial charge is 0.323 e. The Kier molecular flexibility index (Phi) is 4.36. The Hall–Kier alpha value is -0.230. The normalized spacial score (nSPS) is 12.7. The van der Waals surface area contributed by atoms with Gasteiger partial charge in [-0.1, -0.05) is 12.1 Å². The Bertz CT molecular complexity index is 527. The van der Waals surface area contributed by atoms with Crippen LogP contribution in [0.5, 0.6) is 0 Å². The highest BCUT2D eigenvalue weighted by molar-refractivity contribution is 9.10. The van der Waals surface area contributed by atoms with E-state index in [1.54, 1.807) is 17.4 Å². The fourth-order valence-corrected chi connectivity index (χ4v) is 3.44. The van der Waals surface area contributed by atoms with Crippen molar-refractivity contribution in [2.24, 2.45) is 5.73 Å². The first kappa shape index (κ1) is 13.2. The van der Waals surface area contributed by atoms with Gasteiger partial charge in [-0.2, -0.15) is 0 Å². The molecule has 0 bridgehead atoms. The molecule has 1 atom stereocenters. The van der Waals surface area contributed by atoms with E-state index < -0.39 is 0 Å². The summed E-state index contributed by atoms with van der Waals surface area (Å²) in [7, 11) is 0. The van der Waals surface area contributed by atoms with Crippen LogP contribution in [0, 0.1) is 5.82 Å². The summed E-state index contributed by atoms with van der Waals surface area (Å²) >= 11 is 8.25. The van der Waals surface area contributed by atoms with Crippen LogP contribution < -0.4 is 5.73 Å². The van der Waals surface area contributed by atoms with Gasteiger partial charge in [-0.15, -0.1) is 11.3 Å². The molecule has 0 aliphatic rings. The topological polar surface area (TPSA) is 26.0 Å². The highest BCUT2D eigenvalue weighted by atomic mass is 79.9. The zero-order valence-electron chi connectivity index (χ0n) is 8.79. The highest BCUT2D eigenvalue weighted by Crippen LogP contribution is 2.29. The van der Waals surface area contributed by atoms with Crippen molar-refractivity contribution in [3.63, 3.8) is 0 Å². The van der Waals surface area contributed by atoms with E-state index in [2.05, 4.69) is 31.9 Å². The first-order chi connectivity index (χ1) is 8.08. The van der Waals surface area contributed by atoms with Crippen molar-refractivity contribution in [1.82, 2.24) is 0 Å². The van der Waals surface area contributed by atoms with E-state index in [4.69, 9.17) is 5.73 Å². The average molecular weight is 379 g/mol.